The number of carbonyl (C=O) groups is 1. The van der Waals surface area contributed by atoms with Crippen molar-refractivity contribution in [2.75, 3.05) is 12.3 Å². The Balaban J connectivity index is 2.61. The summed E-state index contributed by atoms with van der Waals surface area (Å²) in [7, 11) is 0. The Morgan fingerprint density at radius 3 is 3.08 bits per heavy atom. The highest BCUT2D eigenvalue weighted by Crippen LogP contribution is 1.91. The summed E-state index contributed by atoms with van der Waals surface area (Å²) < 4.78 is 0. The highest BCUT2D eigenvalue weighted by molar-refractivity contribution is 5.90. The Hall–Kier alpha value is -2.10. The van der Waals surface area contributed by atoms with E-state index in [1.54, 1.807) is 6.07 Å². The number of nitrogen functional groups attached to an aromatic ring is 1. The summed E-state index contributed by atoms with van der Waals surface area (Å²) in [6, 6.07) is 1.75. The van der Waals surface area contributed by atoms with Crippen molar-refractivity contribution >= 4 is 11.9 Å². The van der Waals surface area contributed by atoms with E-state index in [4.69, 9.17) is 11.0 Å². The third-order valence-corrected chi connectivity index (χ3v) is 1.05. The first-order chi connectivity index (χ1) is 5.74. The summed E-state index contributed by atoms with van der Waals surface area (Å²) >= 11 is 0. The van der Waals surface area contributed by atoms with Gasteiger partial charge in [0.15, 0.2) is 0 Å². The predicted octanol–water partition coefficient (Wildman–Crippen LogP) is -1.36. The Bertz CT molecular complexity index is 323. The van der Waals surface area contributed by atoms with Crippen LogP contribution in [0.3, 0.4) is 0 Å². The van der Waals surface area contributed by atoms with Crippen LogP contribution in [-0.2, 0) is 0 Å². The van der Waals surface area contributed by atoms with Crippen molar-refractivity contribution in [1.29, 1.82) is 5.26 Å². The molecule has 62 valence electrons. The summed E-state index contributed by atoms with van der Waals surface area (Å²) in [5, 5.41) is 16.2. The van der Waals surface area contributed by atoms with Crippen molar-refractivity contribution in [2.24, 2.45) is 0 Å². The number of rotatable bonds is 2. The van der Waals surface area contributed by atoms with Gasteiger partial charge in [-0.15, -0.1) is 5.10 Å². The summed E-state index contributed by atoms with van der Waals surface area (Å²) in [4.78, 5) is 14.5. The summed E-state index contributed by atoms with van der Waals surface area (Å²) in [6.07, 6.45) is 0. The first kappa shape index (κ1) is 8.00. The van der Waals surface area contributed by atoms with Crippen LogP contribution in [0.15, 0.2) is 0 Å². The average molecular weight is 166 g/mol. The number of nitrogens with zero attached hydrogens (tertiary/aromatic N) is 3. The number of nitrogens with one attached hydrogen (secondary N) is 2. The van der Waals surface area contributed by atoms with Gasteiger partial charge in [0, 0.05) is 0 Å². The molecule has 12 heavy (non-hydrogen) atoms. The maximum Gasteiger partial charge on any atom is 0.289 e. The quantitative estimate of drug-likeness (QED) is 0.468. The van der Waals surface area contributed by atoms with Gasteiger partial charge < -0.3 is 11.1 Å². The minimum atomic E-state index is -0.499. The van der Waals surface area contributed by atoms with Gasteiger partial charge in [0.25, 0.3) is 5.91 Å². The fourth-order valence-electron chi connectivity index (χ4n) is 0.580. The van der Waals surface area contributed by atoms with Gasteiger partial charge in [0.1, 0.15) is 6.54 Å². The van der Waals surface area contributed by atoms with Gasteiger partial charge >= 0.3 is 0 Å². The number of carbonyl (C=O) groups excluding carboxylic acids is 1. The zero-order chi connectivity index (χ0) is 8.97. The topological polar surface area (TPSA) is 120 Å². The van der Waals surface area contributed by atoms with E-state index in [1.807, 2.05) is 0 Å². The van der Waals surface area contributed by atoms with Crippen LogP contribution >= 0.6 is 0 Å². The van der Waals surface area contributed by atoms with Crippen LogP contribution in [0, 0.1) is 11.3 Å². The van der Waals surface area contributed by atoms with E-state index in [2.05, 4.69) is 20.5 Å². The van der Waals surface area contributed by atoms with Gasteiger partial charge in [0.2, 0.25) is 11.8 Å². The zero-order valence-corrected chi connectivity index (χ0v) is 6.03. The van der Waals surface area contributed by atoms with Gasteiger partial charge in [-0.25, -0.2) is 0 Å². The lowest BCUT2D eigenvalue weighted by atomic mass is 10.5. The van der Waals surface area contributed by atoms with Crippen molar-refractivity contribution in [1.82, 2.24) is 20.5 Å². The molecule has 0 radical (unpaired) electrons. The normalized spacial score (nSPS) is 8.92. The van der Waals surface area contributed by atoms with E-state index in [-0.39, 0.29) is 18.3 Å². The van der Waals surface area contributed by atoms with E-state index in [1.165, 1.54) is 0 Å². The molecule has 7 nitrogen and oxygen atoms in total. The number of hydrogen-bond donors (Lipinski definition) is 3. The number of H-pyrrole nitrogens is 1. The number of nitrogens with two attached hydrogens (primary N) is 1. The monoisotopic (exact) mass is 166 g/mol. The zero-order valence-electron chi connectivity index (χ0n) is 6.03. The Morgan fingerprint density at radius 1 is 1.83 bits per heavy atom. The summed E-state index contributed by atoms with van der Waals surface area (Å²) in [6.45, 7) is -0.0700. The Labute approximate surface area is 67.6 Å². The second kappa shape index (κ2) is 3.34. The van der Waals surface area contributed by atoms with Crippen LogP contribution in [0.4, 0.5) is 5.95 Å². The van der Waals surface area contributed by atoms with Gasteiger partial charge in [-0.2, -0.15) is 10.2 Å². The van der Waals surface area contributed by atoms with Crippen LogP contribution in [0.5, 0.6) is 0 Å². The molecule has 7 heteroatoms. The molecule has 0 atom stereocenters. The van der Waals surface area contributed by atoms with E-state index in [0.29, 0.717) is 0 Å². The van der Waals surface area contributed by atoms with Crippen LogP contribution < -0.4 is 11.1 Å². The van der Waals surface area contributed by atoms with E-state index in [9.17, 15) is 4.79 Å². The van der Waals surface area contributed by atoms with Crippen molar-refractivity contribution in [3.05, 3.63) is 5.82 Å². The molecule has 0 aliphatic heterocycles. The number of amides is 1. The fraction of sp³-hybridized carbons (Fsp3) is 0.200. The molecule has 0 aliphatic rings. The lowest BCUT2D eigenvalue weighted by Crippen LogP contribution is -2.24. The third kappa shape index (κ3) is 1.69. The van der Waals surface area contributed by atoms with E-state index < -0.39 is 5.91 Å². The maximum absolute atomic E-state index is 11.0. The standard InChI is InChI=1S/C5H6N6O/c6-1-2-8-4(12)3-9-5(7)11-10-3/h2H2,(H,8,12)(H3,7,9,10,11). The summed E-state index contributed by atoms with van der Waals surface area (Å²) in [5.74, 6) is -0.499. The first-order valence-corrected chi connectivity index (χ1v) is 3.07. The molecular formula is C5H6N6O. The molecule has 0 aliphatic carbocycles. The van der Waals surface area contributed by atoms with Gasteiger partial charge in [-0.05, 0) is 0 Å². The van der Waals surface area contributed by atoms with Crippen molar-refractivity contribution in [3.8, 4) is 6.07 Å². The van der Waals surface area contributed by atoms with Gasteiger partial charge in [-0.1, -0.05) is 0 Å². The molecule has 1 amide bonds. The molecule has 0 aromatic carbocycles. The molecular weight excluding hydrogens is 160 g/mol. The molecule has 1 aromatic rings. The largest absolute Gasteiger partial charge is 0.366 e. The molecule has 0 saturated carbocycles. The minimum absolute atomic E-state index is 0.00255. The maximum atomic E-state index is 11.0. The molecule has 0 unspecified atom stereocenters. The average Bonchev–Trinajstić information content (AvgIpc) is 2.47. The van der Waals surface area contributed by atoms with E-state index >= 15 is 0 Å². The van der Waals surface area contributed by atoms with Gasteiger partial charge in [0.05, 0.1) is 6.07 Å². The molecule has 0 fully saturated rings. The molecule has 1 rings (SSSR count). The Kier molecular flexibility index (Phi) is 2.23. The number of nitriles is 1. The second-order valence-electron chi connectivity index (χ2n) is 1.88. The highest BCUT2D eigenvalue weighted by Gasteiger charge is 2.08. The fourth-order valence-corrected chi connectivity index (χ4v) is 0.580. The number of aromatic amines is 1. The molecule has 0 spiro atoms. The predicted molar refractivity (Wildman–Crippen MR) is 38.7 cm³/mol. The molecule has 0 saturated heterocycles. The molecule has 4 N–H and O–H groups in total. The molecule has 1 aromatic heterocycles. The number of anilines is 1. The SMILES string of the molecule is N#CCNC(=O)c1nc(N)n[nH]1. The van der Waals surface area contributed by atoms with Crippen LogP contribution in [0.2, 0.25) is 0 Å². The Morgan fingerprint density at radius 2 is 2.58 bits per heavy atom. The second-order valence-corrected chi connectivity index (χ2v) is 1.88. The first-order valence-electron chi connectivity index (χ1n) is 3.07. The lowest BCUT2D eigenvalue weighted by molar-refractivity contribution is 0.0948. The smallest absolute Gasteiger partial charge is 0.289 e. The van der Waals surface area contributed by atoms with Gasteiger partial charge in [-0.3, -0.25) is 9.89 Å². The number of hydrogen-bond acceptors (Lipinski definition) is 5. The van der Waals surface area contributed by atoms with Crippen molar-refractivity contribution in [2.45, 2.75) is 0 Å². The lowest BCUT2D eigenvalue weighted by Gasteiger charge is -1.93. The van der Waals surface area contributed by atoms with Crippen molar-refractivity contribution < 1.29 is 4.79 Å². The minimum Gasteiger partial charge on any atom is -0.366 e. The van der Waals surface area contributed by atoms with Crippen molar-refractivity contribution in [3.63, 3.8) is 0 Å². The van der Waals surface area contributed by atoms with Crippen LogP contribution in [-0.4, -0.2) is 27.6 Å². The summed E-state index contributed by atoms with van der Waals surface area (Å²) in [5.41, 5.74) is 5.15. The van der Waals surface area contributed by atoms with E-state index in [0.717, 1.165) is 0 Å². The molecule has 0 bridgehead atoms. The van der Waals surface area contributed by atoms with Crippen LogP contribution in [0.25, 0.3) is 0 Å². The van der Waals surface area contributed by atoms with Crippen LogP contribution in [0.1, 0.15) is 10.6 Å². The highest BCUT2D eigenvalue weighted by atomic mass is 16.2. The number of aromatic nitrogens is 3. The molecule has 1 heterocycles. The third-order valence-electron chi connectivity index (χ3n) is 1.05.